The van der Waals surface area contributed by atoms with Crippen LogP contribution in [0.2, 0.25) is 0 Å². The molecule has 1 aromatic carbocycles. The first-order chi connectivity index (χ1) is 19.5. The second kappa shape index (κ2) is 10.8. The second-order valence-electron chi connectivity index (χ2n) is 9.11. The molecule has 0 bridgehead atoms. The molecular formula is C29H23N3O7S. The van der Waals surface area contributed by atoms with E-state index in [0.29, 0.717) is 44.5 Å². The van der Waals surface area contributed by atoms with Crippen LogP contribution in [-0.2, 0) is 27.1 Å². The zero-order valence-electron chi connectivity index (χ0n) is 21.4. The molecule has 4 heterocycles. The van der Waals surface area contributed by atoms with E-state index in [4.69, 9.17) is 18.3 Å². The lowest BCUT2D eigenvalue weighted by Gasteiger charge is -2.11. The average molecular weight is 558 g/mol. The Morgan fingerprint density at radius 1 is 0.925 bits per heavy atom. The molecule has 0 saturated heterocycles. The highest BCUT2D eigenvalue weighted by molar-refractivity contribution is 7.17. The molecule has 0 aliphatic heterocycles. The lowest BCUT2D eigenvalue weighted by molar-refractivity contribution is -0.119. The second-order valence-corrected chi connectivity index (χ2v) is 10.2. The molecule has 6 rings (SSSR count). The van der Waals surface area contributed by atoms with Crippen LogP contribution in [-0.4, -0.2) is 41.5 Å². The van der Waals surface area contributed by atoms with Crippen LogP contribution in [0.25, 0.3) is 33.9 Å². The van der Waals surface area contributed by atoms with Crippen LogP contribution in [0.15, 0.2) is 63.8 Å². The number of carbonyl (C=O) groups is 3. The molecule has 1 amide bonds. The maximum Gasteiger partial charge on any atom is 0.341 e. The first kappa shape index (κ1) is 25.5. The van der Waals surface area contributed by atoms with E-state index in [1.165, 1.54) is 24.7 Å². The highest BCUT2D eigenvalue weighted by Gasteiger charge is 2.27. The van der Waals surface area contributed by atoms with Gasteiger partial charge in [0.25, 0.3) is 5.91 Å². The number of benzene rings is 1. The van der Waals surface area contributed by atoms with E-state index in [2.05, 4.69) is 15.3 Å². The topological polar surface area (TPSA) is 134 Å². The number of amides is 1. The molecule has 1 N–H and O–H groups in total. The van der Waals surface area contributed by atoms with Crippen molar-refractivity contribution in [2.75, 3.05) is 19.0 Å². The van der Waals surface area contributed by atoms with Gasteiger partial charge in [0.2, 0.25) is 0 Å². The fourth-order valence-electron chi connectivity index (χ4n) is 4.70. The number of nitrogens with zero attached hydrogens (tertiary/aromatic N) is 2. The molecule has 0 atom stereocenters. The van der Waals surface area contributed by atoms with Gasteiger partial charge in [-0.2, -0.15) is 0 Å². The zero-order chi connectivity index (χ0) is 27.6. The number of fused-ring (bicyclic) bond motifs is 2. The van der Waals surface area contributed by atoms with Crippen molar-refractivity contribution >= 4 is 45.2 Å². The molecule has 0 spiro atoms. The predicted octanol–water partition coefficient (Wildman–Crippen LogP) is 5.67. The molecule has 4 aromatic heterocycles. The van der Waals surface area contributed by atoms with Gasteiger partial charge in [0, 0.05) is 4.88 Å². The summed E-state index contributed by atoms with van der Waals surface area (Å²) in [7, 11) is 1.31. The van der Waals surface area contributed by atoms with Crippen LogP contribution in [0.1, 0.15) is 44.0 Å². The maximum absolute atomic E-state index is 12.8. The number of thiophene rings is 1. The van der Waals surface area contributed by atoms with Crippen molar-refractivity contribution in [2.24, 2.45) is 0 Å². The Bertz CT molecular complexity index is 1720. The highest BCUT2D eigenvalue weighted by atomic mass is 32.1. The quantitative estimate of drug-likeness (QED) is 0.251. The van der Waals surface area contributed by atoms with Crippen molar-refractivity contribution in [3.8, 4) is 22.9 Å². The number of esters is 2. The summed E-state index contributed by atoms with van der Waals surface area (Å²) in [6.07, 6.45) is 6.70. The van der Waals surface area contributed by atoms with Gasteiger partial charge in [0.1, 0.15) is 16.4 Å². The van der Waals surface area contributed by atoms with Crippen LogP contribution >= 0.6 is 11.3 Å². The number of methoxy groups -OCH3 is 1. The van der Waals surface area contributed by atoms with Crippen molar-refractivity contribution in [3.63, 3.8) is 0 Å². The highest BCUT2D eigenvalue weighted by Crippen LogP contribution is 2.38. The molecule has 0 fully saturated rings. The number of aromatic nitrogens is 2. The van der Waals surface area contributed by atoms with E-state index in [1.54, 1.807) is 48.7 Å². The minimum Gasteiger partial charge on any atom is -0.465 e. The van der Waals surface area contributed by atoms with Gasteiger partial charge >= 0.3 is 11.9 Å². The summed E-state index contributed by atoms with van der Waals surface area (Å²) < 4.78 is 21.3. The van der Waals surface area contributed by atoms with Gasteiger partial charge < -0.3 is 23.6 Å². The van der Waals surface area contributed by atoms with Crippen molar-refractivity contribution < 1.29 is 32.7 Å². The Balaban J connectivity index is 1.20. The molecule has 11 heteroatoms. The summed E-state index contributed by atoms with van der Waals surface area (Å²) in [5, 5.41) is 3.14. The minimum atomic E-state index is -0.702. The monoisotopic (exact) mass is 557 g/mol. The predicted molar refractivity (Wildman–Crippen MR) is 146 cm³/mol. The van der Waals surface area contributed by atoms with Gasteiger partial charge in [0.05, 0.1) is 41.8 Å². The number of hydrogen-bond acceptors (Lipinski definition) is 10. The molecular weight excluding hydrogens is 534 g/mol. The first-order valence-corrected chi connectivity index (χ1v) is 13.4. The van der Waals surface area contributed by atoms with E-state index in [0.717, 1.165) is 36.1 Å². The fraction of sp³-hybridized carbons (Fsp3) is 0.207. The summed E-state index contributed by atoms with van der Waals surface area (Å²) in [6, 6.07) is 11.8. The number of nitrogens with one attached hydrogen (secondary N) is 1. The Morgan fingerprint density at radius 2 is 1.62 bits per heavy atom. The van der Waals surface area contributed by atoms with Gasteiger partial charge in [-0.25, -0.2) is 19.6 Å². The SMILES string of the molecule is COC(=O)c1c(NC(=O)COC(=O)c2ccc3nc(-c4ccco4)c(-c4ccco4)nc3c2)sc2c1CCCC2. The lowest BCUT2D eigenvalue weighted by Crippen LogP contribution is -2.21. The number of carbonyl (C=O) groups excluding carboxylic acids is 3. The van der Waals surface area contributed by atoms with Crippen molar-refractivity contribution in [1.29, 1.82) is 0 Å². The Kier molecular flexibility index (Phi) is 6.87. The Morgan fingerprint density at radius 3 is 2.30 bits per heavy atom. The standard InChI is InChI=1S/C29H23N3O7S/c1-36-29(35)24-17-6-2-3-9-22(17)40-27(24)32-23(33)15-39-28(34)16-10-11-18-19(14-16)31-26(21-8-5-13-38-21)25(30-18)20-7-4-12-37-20/h4-5,7-8,10-14H,2-3,6,9,15H2,1H3,(H,32,33). The number of ether oxygens (including phenoxy) is 2. The summed E-state index contributed by atoms with van der Waals surface area (Å²) in [4.78, 5) is 48.4. The third-order valence-corrected chi connectivity index (χ3v) is 7.76. The Labute approximate surface area is 231 Å². The molecule has 5 aromatic rings. The first-order valence-electron chi connectivity index (χ1n) is 12.6. The third kappa shape index (κ3) is 4.87. The molecule has 1 aliphatic rings. The van der Waals surface area contributed by atoms with Crippen LogP contribution in [0.5, 0.6) is 0 Å². The summed E-state index contributed by atoms with van der Waals surface area (Å²) >= 11 is 1.36. The van der Waals surface area contributed by atoms with E-state index < -0.39 is 24.5 Å². The summed E-state index contributed by atoms with van der Waals surface area (Å²) in [5.41, 5.74) is 3.44. The van der Waals surface area contributed by atoms with Crippen LogP contribution in [0.3, 0.4) is 0 Å². The van der Waals surface area contributed by atoms with Gasteiger partial charge in [-0.1, -0.05) is 0 Å². The maximum atomic E-state index is 12.8. The van der Waals surface area contributed by atoms with Crippen LogP contribution < -0.4 is 5.32 Å². The molecule has 40 heavy (non-hydrogen) atoms. The third-order valence-electron chi connectivity index (χ3n) is 6.56. The van der Waals surface area contributed by atoms with Crippen molar-refractivity contribution in [1.82, 2.24) is 9.97 Å². The van der Waals surface area contributed by atoms with Gasteiger partial charge in [0.15, 0.2) is 18.1 Å². The molecule has 0 unspecified atom stereocenters. The van der Waals surface area contributed by atoms with E-state index in [1.807, 2.05) is 0 Å². The van der Waals surface area contributed by atoms with E-state index >= 15 is 0 Å². The van der Waals surface area contributed by atoms with Gasteiger partial charge in [-0.3, -0.25) is 4.79 Å². The van der Waals surface area contributed by atoms with Crippen LogP contribution in [0, 0.1) is 0 Å². The summed E-state index contributed by atoms with van der Waals surface area (Å²) in [6.45, 7) is -0.527. The molecule has 0 radical (unpaired) electrons. The molecule has 10 nitrogen and oxygen atoms in total. The number of anilines is 1. The van der Waals surface area contributed by atoms with Crippen LogP contribution in [0.4, 0.5) is 5.00 Å². The molecule has 202 valence electrons. The lowest BCUT2D eigenvalue weighted by atomic mass is 9.95. The fourth-order valence-corrected chi connectivity index (χ4v) is 5.99. The summed E-state index contributed by atoms with van der Waals surface area (Å²) in [5.74, 6) is -0.731. The number of aryl methyl sites for hydroxylation is 1. The normalized spacial score (nSPS) is 12.6. The van der Waals surface area contributed by atoms with E-state index in [-0.39, 0.29) is 5.56 Å². The smallest absolute Gasteiger partial charge is 0.341 e. The number of furan rings is 2. The van der Waals surface area contributed by atoms with Gasteiger partial charge in [-0.05, 0) is 73.7 Å². The average Bonchev–Trinajstić information content (AvgIpc) is 3.76. The number of hydrogen-bond donors (Lipinski definition) is 1. The van der Waals surface area contributed by atoms with Crippen molar-refractivity contribution in [2.45, 2.75) is 25.7 Å². The number of rotatable bonds is 7. The van der Waals surface area contributed by atoms with Gasteiger partial charge in [-0.15, -0.1) is 11.3 Å². The molecule has 0 saturated carbocycles. The largest absolute Gasteiger partial charge is 0.465 e. The van der Waals surface area contributed by atoms with E-state index in [9.17, 15) is 14.4 Å². The minimum absolute atomic E-state index is 0.201. The Hall–Kier alpha value is -4.77. The zero-order valence-corrected chi connectivity index (χ0v) is 22.2. The molecule has 1 aliphatic carbocycles. The van der Waals surface area contributed by atoms with Crippen molar-refractivity contribution in [3.05, 3.63) is 76.6 Å².